The van der Waals surface area contributed by atoms with Gasteiger partial charge in [-0.3, -0.25) is 0 Å². The van der Waals surface area contributed by atoms with E-state index in [1.165, 1.54) is 76.8 Å². The van der Waals surface area contributed by atoms with Crippen LogP contribution in [-0.2, 0) is 0 Å². The molecule has 2 heteroatoms. The van der Waals surface area contributed by atoms with Crippen molar-refractivity contribution in [3.8, 4) is 0 Å². The molecule has 18 heavy (non-hydrogen) atoms. The zero-order valence-electron chi connectivity index (χ0n) is 13.3. The second-order valence-electron chi connectivity index (χ2n) is 7.18. The predicted octanol–water partition coefficient (Wildman–Crippen LogP) is 7.05. The molecule has 0 unspecified atom stereocenters. The van der Waals surface area contributed by atoms with E-state index in [1.807, 2.05) is 0 Å². The van der Waals surface area contributed by atoms with Crippen molar-refractivity contribution >= 4 is 20.8 Å². The van der Waals surface area contributed by atoms with E-state index in [1.54, 1.807) is 0 Å². The van der Waals surface area contributed by atoms with Crippen molar-refractivity contribution in [2.45, 2.75) is 77.6 Å². The maximum atomic E-state index is 3.94. The summed E-state index contributed by atoms with van der Waals surface area (Å²) in [5.41, 5.74) is 0. The van der Waals surface area contributed by atoms with E-state index in [0.717, 1.165) is 0 Å². The number of rotatable bonds is 12. The first kappa shape index (κ1) is 18.9. The Bertz CT molecular complexity index is 184. The van der Waals surface area contributed by atoms with Gasteiger partial charge in [0.25, 0.3) is 0 Å². The van der Waals surface area contributed by atoms with E-state index >= 15 is 0 Å². The van der Waals surface area contributed by atoms with Crippen molar-refractivity contribution < 1.29 is 0 Å². The zero-order valence-corrected chi connectivity index (χ0v) is 15.8. The van der Waals surface area contributed by atoms with Gasteiger partial charge in [0.05, 0.1) is 0 Å². The summed E-state index contributed by atoms with van der Waals surface area (Å²) in [5, 5.41) is -1.39. The molecule has 0 heterocycles. The van der Waals surface area contributed by atoms with E-state index in [2.05, 4.69) is 42.4 Å². The van der Waals surface area contributed by atoms with Crippen molar-refractivity contribution in [1.29, 1.82) is 0 Å². The Kier molecular flexibility index (Phi) is 10.3. The van der Waals surface area contributed by atoms with Gasteiger partial charge in [0.15, 0.2) is 0 Å². The number of hydrogen-bond donors (Lipinski definition) is 0. The van der Waals surface area contributed by atoms with Crippen LogP contribution in [-0.4, -0.2) is 26.2 Å². The Labute approximate surface area is 124 Å². The molecule has 0 fully saturated rings. The molecular formula is C16H36BrP. The fraction of sp³-hybridized carbons (Fsp3) is 1.00. The molecule has 0 saturated heterocycles. The third kappa shape index (κ3) is 16.9. The third-order valence-corrected chi connectivity index (χ3v) is 6.41. The first-order chi connectivity index (χ1) is 8.31. The second kappa shape index (κ2) is 9.76. The Morgan fingerprint density at radius 1 is 0.611 bits per heavy atom. The van der Waals surface area contributed by atoms with E-state index < -0.39 is 5.31 Å². The standard InChI is InChI=1S/C16H36BrP/c1-5-6-7-8-9-10-11-12-13-14-15-16-18(2,3,4)17/h5-16H2,1-4H3. The van der Waals surface area contributed by atoms with E-state index in [-0.39, 0.29) is 0 Å². The molecule has 0 bridgehead atoms. The summed E-state index contributed by atoms with van der Waals surface area (Å²) < 4.78 is 0. The molecule has 0 atom stereocenters. The quantitative estimate of drug-likeness (QED) is 0.264. The zero-order chi connectivity index (χ0) is 13.9. The van der Waals surface area contributed by atoms with Gasteiger partial charge in [0.1, 0.15) is 0 Å². The second-order valence-corrected chi connectivity index (χ2v) is 21.3. The molecule has 0 nitrogen and oxygen atoms in total. The number of hydrogen-bond acceptors (Lipinski definition) is 0. The Morgan fingerprint density at radius 3 is 1.28 bits per heavy atom. The molecule has 0 aromatic heterocycles. The van der Waals surface area contributed by atoms with Crippen LogP contribution in [0, 0.1) is 0 Å². The molecule has 0 amide bonds. The summed E-state index contributed by atoms with van der Waals surface area (Å²) in [7, 11) is 0. The molecular weight excluding hydrogens is 303 g/mol. The topological polar surface area (TPSA) is 0 Å². The molecule has 0 aromatic rings. The molecule has 0 aliphatic rings. The molecule has 0 aliphatic heterocycles. The summed E-state index contributed by atoms with van der Waals surface area (Å²) in [6.45, 7) is 9.54. The van der Waals surface area contributed by atoms with Gasteiger partial charge in [0, 0.05) is 0 Å². The summed E-state index contributed by atoms with van der Waals surface area (Å²) >= 11 is 3.94. The average Bonchev–Trinajstić information content (AvgIpc) is 2.23. The SMILES string of the molecule is CCCCCCCCCCCCCP(C)(C)(C)Br. The Morgan fingerprint density at radius 2 is 0.944 bits per heavy atom. The molecule has 0 spiro atoms. The van der Waals surface area contributed by atoms with Gasteiger partial charge >= 0.3 is 118 Å². The van der Waals surface area contributed by atoms with Gasteiger partial charge in [-0.25, -0.2) is 0 Å². The normalized spacial score (nSPS) is 14.4. The fourth-order valence-electron chi connectivity index (χ4n) is 2.31. The molecule has 0 saturated carbocycles. The van der Waals surface area contributed by atoms with Crippen molar-refractivity contribution in [3.05, 3.63) is 0 Å². The van der Waals surface area contributed by atoms with Crippen LogP contribution in [0.4, 0.5) is 0 Å². The summed E-state index contributed by atoms with van der Waals surface area (Å²) in [4.78, 5) is 0. The van der Waals surface area contributed by atoms with Crippen LogP contribution < -0.4 is 0 Å². The predicted molar refractivity (Wildman–Crippen MR) is 94.9 cm³/mol. The van der Waals surface area contributed by atoms with Gasteiger partial charge in [0.2, 0.25) is 0 Å². The monoisotopic (exact) mass is 338 g/mol. The van der Waals surface area contributed by atoms with Crippen molar-refractivity contribution in [2.75, 3.05) is 26.2 Å². The molecule has 0 radical (unpaired) electrons. The Balaban J connectivity index is 3.13. The number of halogens is 1. The van der Waals surface area contributed by atoms with Gasteiger partial charge in [-0.1, -0.05) is 6.92 Å². The van der Waals surface area contributed by atoms with E-state index in [9.17, 15) is 0 Å². The molecule has 0 N–H and O–H groups in total. The molecule has 0 aliphatic carbocycles. The van der Waals surface area contributed by atoms with Crippen LogP contribution in [0.1, 0.15) is 77.6 Å². The van der Waals surface area contributed by atoms with E-state index in [0.29, 0.717) is 0 Å². The summed E-state index contributed by atoms with van der Waals surface area (Å²) in [5.74, 6) is 0. The molecule has 112 valence electrons. The average molecular weight is 339 g/mol. The molecule has 0 rings (SSSR count). The Hall–Kier alpha value is 0.910. The fourth-order valence-corrected chi connectivity index (χ4v) is 4.35. The van der Waals surface area contributed by atoms with Crippen LogP contribution in [0.25, 0.3) is 0 Å². The van der Waals surface area contributed by atoms with Crippen molar-refractivity contribution in [3.63, 3.8) is 0 Å². The van der Waals surface area contributed by atoms with Crippen molar-refractivity contribution in [2.24, 2.45) is 0 Å². The van der Waals surface area contributed by atoms with Crippen LogP contribution >= 0.6 is 20.8 Å². The van der Waals surface area contributed by atoms with Gasteiger partial charge in [-0.15, -0.1) is 0 Å². The van der Waals surface area contributed by atoms with E-state index in [4.69, 9.17) is 0 Å². The minimum atomic E-state index is -1.39. The summed E-state index contributed by atoms with van der Waals surface area (Å²) in [6, 6.07) is 0. The third-order valence-electron chi connectivity index (χ3n) is 3.52. The van der Waals surface area contributed by atoms with Gasteiger partial charge < -0.3 is 0 Å². The van der Waals surface area contributed by atoms with Crippen LogP contribution in [0.2, 0.25) is 0 Å². The molecule has 0 aromatic carbocycles. The number of unbranched alkanes of at least 4 members (excludes halogenated alkanes) is 10. The van der Waals surface area contributed by atoms with Gasteiger partial charge in [-0.05, 0) is 0 Å². The van der Waals surface area contributed by atoms with Gasteiger partial charge in [-0.2, -0.15) is 0 Å². The first-order valence-electron chi connectivity index (χ1n) is 8.03. The first-order valence-corrected chi connectivity index (χ1v) is 13.8. The van der Waals surface area contributed by atoms with Crippen LogP contribution in [0.3, 0.4) is 0 Å². The minimum absolute atomic E-state index is 1.37. The van der Waals surface area contributed by atoms with Crippen LogP contribution in [0.5, 0.6) is 0 Å². The van der Waals surface area contributed by atoms with Crippen LogP contribution in [0.15, 0.2) is 0 Å². The summed E-state index contributed by atoms with van der Waals surface area (Å²) in [6.07, 6.45) is 17.3. The van der Waals surface area contributed by atoms with Crippen molar-refractivity contribution in [1.82, 2.24) is 0 Å². The maximum absolute atomic E-state index is 3.94.